The smallest absolute Gasteiger partial charge is 0.264 e. The van der Waals surface area contributed by atoms with E-state index < -0.39 is 22.5 Å². The molecule has 6 nitrogen and oxygen atoms in total. The van der Waals surface area contributed by atoms with Crippen LogP contribution in [-0.2, 0) is 27.9 Å². The molecule has 0 aliphatic carbocycles. The van der Waals surface area contributed by atoms with Crippen molar-refractivity contribution in [2.24, 2.45) is 0 Å². The molecular formula is C27H29Cl2N3O3S. The van der Waals surface area contributed by atoms with E-state index >= 15 is 0 Å². The SMILES string of the molecule is O=C(CN(c1ccc(Cl)c(Cl)c1)S(=O)(=O)c1ccccc1)NCc1cccc(CN2CCCCC2)c1. The quantitative estimate of drug-likeness (QED) is 0.386. The normalized spacial score (nSPS) is 14.4. The molecule has 0 spiro atoms. The Morgan fingerprint density at radius 3 is 2.31 bits per heavy atom. The van der Waals surface area contributed by atoms with Crippen molar-refractivity contribution in [2.75, 3.05) is 23.9 Å². The van der Waals surface area contributed by atoms with Crippen LogP contribution >= 0.6 is 23.2 Å². The van der Waals surface area contributed by atoms with Gasteiger partial charge in [-0.25, -0.2) is 8.42 Å². The number of anilines is 1. The summed E-state index contributed by atoms with van der Waals surface area (Å²) in [7, 11) is -4.02. The molecule has 1 aliphatic heterocycles. The van der Waals surface area contributed by atoms with Crippen LogP contribution in [0.3, 0.4) is 0 Å². The molecule has 0 bridgehead atoms. The van der Waals surface area contributed by atoms with E-state index in [2.05, 4.69) is 22.3 Å². The number of carbonyl (C=O) groups excluding carboxylic acids is 1. The summed E-state index contributed by atoms with van der Waals surface area (Å²) < 4.78 is 27.9. The third-order valence-electron chi connectivity index (χ3n) is 6.15. The van der Waals surface area contributed by atoms with Crippen LogP contribution in [0.25, 0.3) is 0 Å². The minimum atomic E-state index is -4.02. The van der Waals surface area contributed by atoms with Crippen molar-refractivity contribution >= 4 is 44.8 Å². The summed E-state index contributed by atoms with van der Waals surface area (Å²) >= 11 is 12.2. The summed E-state index contributed by atoms with van der Waals surface area (Å²) in [5, 5.41) is 3.36. The Balaban J connectivity index is 1.47. The van der Waals surface area contributed by atoms with Gasteiger partial charge in [-0.2, -0.15) is 0 Å². The maximum Gasteiger partial charge on any atom is 0.264 e. The molecule has 1 aliphatic rings. The van der Waals surface area contributed by atoms with Gasteiger partial charge in [-0.05, 0) is 67.4 Å². The van der Waals surface area contributed by atoms with Crippen LogP contribution in [-0.4, -0.2) is 38.9 Å². The highest BCUT2D eigenvalue weighted by atomic mass is 35.5. The summed E-state index contributed by atoms with van der Waals surface area (Å²) in [6.45, 7) is 3.01. The molecule has 9 heteroatoms. The predicted molar refractivity (Wildman–Crippen MR) is 145 cm³/mol. The lowest BCUT2D eigenvalue weighted by Gasteiger charge is -2.26. The zero-order chi connectivity index (χ0) is 25.5. The summed E-state index contributed by atoms with van der Waals surface area (Å²) in [5.41, 5.74) is 2.42. The Bertz CT molecular complexity index is 1300. The van der Waals surface area contributed by atoms with Crippen molar-refractivity contribution in [1.29, 1.82) is 0 Å². The van der Waals surface area contributed by atoms with Crippen molar-refractivity contribution in [2.45, 2.75) is 37.2 Å². The Kier molecular flexibility index (Phi) is 8.90. The number of nitrogens with zero attached hydrogens (tertiary/aromatic N) is 2. The Labute approximate surface area is 222 Å². The van der Waals surface area contributed by atoms with Crippen LogP contribution in [0, 0.1) is 0 Å². The molecule has 1 N–H and O–H groups in total. The first-order chi connectivity index (χ1) is 17.3. The second kappa shape index (κ2) is 12.1. The second-order valence-corrected chi connectivity index (χ2v) is 11.5. The van der Waals surface area contributed by atoms with E-state index in [4.69, 9.17) is 23.2 Å². The highest BCUT2D eigenvalue weighted by molar-refractivity contribution is 7.92. The number of amides is 1. The molecule has 1 saturated heterocycles. The van der Waals surface area contributed by atoms with Crippen LogP contribution in [0.2, 0.25) is 10.0 Å². The monoisotopic (exact) mass is 545 g/mol. The topological polar surface area (TPSA) is 69.7 Å². The van der Waals surface area contributed by atoms with Gasteiger partial charge in [0.05, 0.1) is 20.6 Å². The summed E-state index contributed by atoms with van der Waals surface area (Å²) in [6.07, 6.45) is 3.76. The van der Waals surface area contributed by atoms with Crippen molar-refractivity contribution in [3.05, 3.63) is 94.0 Å². The number of nitrogens with one attached hydrogen (secondary N) is 1. The molecule has 4 rings (SSSR count). The van der Waals surface area contributed by atoms with Crippen molar-refractivity contribution in [3.8, 4) is 0 Å². The summed E-state index contributed by atoms with van der Waals surface area (Å²) in [6, 6.07) is 20.6. The lowest BCUT2D eigenvalue weighted by atomic mass is 10.1. The Morgan fingerprint density at radius 2 is 1.58 bits per heavy atom. The van der Waals surface area contributed by atoms with Crippen LogP contribution in [0.15, 0.2) is 77.7 Å². The molecule has 3 aromatic carbocycles. The third kappa shape index (κ3) is 6.79. The molecule has 0 radical (unpaired) electrons. The number of hydrogen-bond acceptors (Lipinski definition) is 4. The second-order valence-electron chi connectivity index (χ2n) is 8.86. The van der Waals surface area contributed by atoms with E-state index in [1.54, 1.807) is 18.2 Å². The van der Waals surface area contributed by atoms with Gasteiger partial charge >= 0.3 is 0 Å². The van der Waals surface area contributed by atoms with Gasteiger partial charge in [0.1, 0.15) is 6.54 Å². The van der Waals surface area contributed by atoms with Crippen LogP contribution in [0.5, 0.6) is 0 Å². The predicted octanol–water partition coefficient (Wildman–Crippen LogP) is 5.49. The molecule has 190 valence electrons. The fourth-order valence-corrected chi connectivity index (χ4v) is 6.00. The number of halogens is 2. The molecular weight excluding hydrogens is 517 g/mol. The Hall–Kier alpha value is -2.58. The van der Waals surface area contributed by atoms with Crippen molar-refractivity contribution < 1.29 is 13.2 Å². The minimum Gasteiger partial charge on any atom is -0.350 e. The molecule has 0 saturated carbocycles. The molecule has 0 aromatic heterocycles. The van der Waals surface area contributed by atoms with Gasteiger partial charge in [-0.1, -0.05) is 72.1 Å². The van der Waals surface area contributed by atoms with Gasteiger partial charge in [-0.15, -0.1) is 0 Å². The number of sulfonamides is 1. The highest BCUT2D eigenvalue weighted by Gasteiger charge is 2.27. The maximum absolute atomic E-state index is 13.4. The van der Waals surface area contributed by atoms with Gasteiger partial charge < -0.3 is 5.32 Å². The number of piperidine rings is 1. The number of rotatable bonds is 9. The lowest BCUT2D eigenvalue weighted by molar-refractivity contribution is -0.119. The number of hydrogen-bond donors (Lipinski definition) is 1. The van der Waals surface area contributed by atoms with Crippen LogP contribution in [0.1, 0.15) is 30.4 Å². The van der Waals surface area contributed by atoms with Gasteiger partial charge in [-0.3, -0.25) is 14.0 Å². The fourth-order valence-electron chi connectivity index (χ4n) is 4.28. The Morgan fingerprint density at radius 1 is 0.861 bits per heavy atom. The molecule has 3 aromatic rings. The lowest BCUT2D eigenvalue weighted by Crippen LogP contribution is -2.40. The molecule has 0 atom stereocenters. The molecule has 1 amide bonds. The van der Waals surface area contributed by atoms with Gasteiger partial charge in [0.2, 0.25) is 5.91 Å². The first-order valence-corrected chi connectivity index (χ1v) is 14.1. The number of carbonyl (C=O) groups is 1. The van der Waals surface area contributed by atoms with E-state index in [0.29, 0.717) is 11.6 Å². The zero-order valence-corrected chi connectivity index (χ0v) is 22.2. The first-order valence-electron chi connectivity index (χ1n) is 11.9. The maximum atomic E-state index is 13.4. The number of benzene rings is 3. The van der Waals surface area contributed by atoms with Crippen LogP contribution in [0.4, 0.5) is 5.69 Å². The third-order valence-corrected chi connectivity index (χ3v) is 8.67. The molecule has 0 unspecified atom stereocenters. The van der Waals surface area contributed by atoms with E-state index in [0.717, 1.165) is 29.5 Å². The summed E-state index contributed by atoms with van der Waals surface area (Å²) in [4.78, 5) is 15.5. The highest BCUT2D eigenvalue weighted by Crippen LogP contribution is 2.30. The standard InChI is InChI=1S/C27H29Cl2N3O3S/c28-25-13-12-23(17-26(25)29)32(36(34,35)24-10-3-1-4-11-24)20-27(33)30-18-21-8-7-9-22(16-21)19-31-14-5-2-6-15-31/h1,3-4,7-13,16-17H,2,5-6,14-15,18-20H2,(H,30,33). The van der Waals surface area contributed by atoms with Crippen LogP contribution < -0.4 is 9.62 Å². The zero-order valence-electron chi connectivity index (χ0n) is 19.9. The molecule has 1 fully saturated rings. The number of likely N-dealkylation sites (tertiary alicyclic amines) is 1. The van der Waals surface area contributed by atoms with E-state index in [1.807, 2.05) is 12.1 Å². The van der Waals surface area contributed by atoms with Gasteiger partial charge in [0, 0.05) is 13.1 Å². The largest absolute Gasteiger partial charge is 0.350 e. The van der Waals surface area contributed by atoms with Crippen molar-refractivity contribution in [3.63, 3.8) is 0 Å². The van der Waals surface area contributed by atoms with E-state index in [1.165, 1.54) is 55.2 Å². The van der Waals surface area contributed by atoms with Crippen molar-refractivity contribution in [1.82, 2.24) is 10.2 Å². The van der Waals surface area contributed by atoms with Gasteiger partial charge in [0.25, 0.3) is 10.0 Å². The van der Waals surface area contributed by atoms with E-state index in [-0.39, 0.29) is 15.6 Å². The molecule has 1 heterocycles. The first kappa shape index (κ1) is 26.5. The molecule has 36 heavy (non-hydrogen) atoms. The van der Waals surface area contributed by atoms with E-state index in [9.17, 15) is 13.2 Å². The summed E-state index contributed by atoms with van der Waals surface area (Å²) in [5.74, 6) is -0.429. The average Bonchev–Trinajstić information content (AvgIpc) is 2.89. The minimum absolute atomic E-state index is 0.0780. The average molecular weight is 547 g/mol. The van der Waals surface area contributed by atoms with Gasteiger partial charge in [0.15, 0.2) is 0 Å². The fraction of sp³-hybridized carbons (Fsp3) is 0.296.